The van der Waals surface area contributed by atoms with Crippen LogP contribution in [0.2, 0.25) is 0 Å². The maximum Gasteiger partial charge on any atom is 0.397 e. The first kappa shape index (κ1) is 49.4. The number of sulfone groups is 2. The number of nitrogens with one attached hydrogen (secondary N) is 1. The quantitative estimate of drug-likeness (QED) is 0.0504. The number of amides is 1. The Bertz CT molecular complexity index is 3120. The Hall–Kier alpha value is -6.23. The van der Waals surface area contributed by atoms with E-state index in [4.69, 9.17) is 9.11 Å². The molecule has 32 heteroatoms. The van der Waals surface area contributed by atoms with E-state index >= 15 is 0 Å². The number of anilines is 1. The number of hydrogen-bond donors (Lipinski definition) is 7. The molecule has 0 saturated carbocycles. The van der Waals surface area contributed by atoms with E-state index in [0.717, 1.165) is 55.5 Å². The average molecular weight is 980 g/mol. The number of hydrogen-bond acceptors (Lipinski definition) is 22. The first-order chi connectivity index (χ1) is 29.1. The zero-order chi connectivity index (χ0) is 47.1. The first-order valence-corrected chi connectivity index (χ1v) is 23.9. The molecule has 0 spiro atoms. The van der Waals surface area contributed by atoms with Crippen LogP contribution < -0.4 is 5.32 Å². The third kappa shape index (κ3) is 14.1. The van der Waals surface area contributed by atoms with E-state index in [9.17, 15) is 71.6 Å². The highest BCUT2D eigenvalue weighted by molar-refractivity contribution is 7.92. The molecular weight excluding hydrogens is 951 g/mol. The zero-order valence-electron chi connectivity index (χ0n) is 31.3. The van der Waals surface area contributed by atoms with Crippen LogP contribution in [-0.4, -0.2) is 108 Å². The van der Waals surface area contributed by atoms with Gasteiger partial charge in [0.1, 0.15) is 27.7 Å². The molecule has 0 aliphatic rings. The second-order valence-corrected chi connectivity index (χ2v) is 19.8. The summed E-state index contributed by atoms with van der Waals surface area (Å²) in [5, 5.41) is 56.3. The fraction of sp³-hybridized carbons (Fsp3) is 0.161. The number of aromatic hydroxyl groups is 2. The lowest BCUT2D eigenvalue weighted by Gasteiger charge is -2.09. The van der Waals surface area contributed by atoms with Gasteiger partial charge in [-0.2, -0.15) is 35.5 Å². The van der Waals surface area contributed by atoms with Crippen LogP contribution in [0.5, 0.6) is 11.5 Å². The van der Waals surface area contributed by atoms with Gasteiger partial charge in [-0.3, -0.25) is 18.5 Å². The summed E-state index contributed by atoms with van der Waals surface area (Å²) in [6.07, 6.45) is 0. The largest absolute Gasteiger partial charge is 0.505 e. The number of carboxylic acids is 1. The lowest BCUT2D eigenvalue weighted by atomic mass is 10.1. The first-order valence-electron chi connectivity index (χ1n) is 16.5. The van der Waals surface area contributed by atoms with Gasteiger partial charge in [-0.05, 0) is 66.7 Å². The lowest BCUT2D eigenvalue weighted by Crippen LogP contribution is -2.16. The van der Waals surface area contributed by atoms with Crippen molar-refractivity contribution in [3.8, 4) is 11.5 Å². The molecule has 1 amide bonds. The fourth-order valence-electron chi connectivity index (χ4n) is 4.71. The van der Waals surface area contributed by atoms with Crippen LogP contribution >= 0.6 is 0 Å². The number of benzene rings is 4. The molecule has 4 aromatic rings. The molecule has 0 saturated heterocycles. The Morgan fingerprint density at radius 2 is 1.10 bits per heavy atom. The summed E-state index contributed by atoms with van der Waals surface area (Å²) in [5.41, 5.74) is -3.44. The molecule has 0 fully saturated rings. The number of phenols is 2. The Balaban J connectivity index is 1.65. The van der Waals surface area contributed by atoms with Crippen molar-refractivity contribution in [2.75, 3.05) is 30.0 Å². The number of azo groups is 3. The maximum absolute atomic E-state index is 12.6. The van der Waals surface area contributed by atoms with Crippen molar-refractivity contribution in [2.45, 2.75) is 21.6 Å². The molecule has 0 aliphatic carbocycles. The van der Waals surface area contributed by atoms with E-state index in [1.807, 2.05) is 0 Å². The Morgan fingerprint density at radius 3 is 1.63 bits per heavy atom. The van der Waals surface area contributed by atoms with Crippen LogP contribution in [0.3, 0.4) is 0 Å². The normalized spacial score (nSPS) is 13.0. The number of aromatic carboxylic acids is 1. The molecule has 0 radical (unpaired) electrons. The standard InChI is InChI=1S/C31H29N7O20S5/c1-17(39)32-25-14-19(4-8-23(25)35-36-24-9-7-21(15-27(24)61(48,49)50)60(46,47)13-11-58-63(54,55)56)34-38-29-26(40)16-22(31(42)43)28(30(29)41)37-33-18-2-5-20(6-3-18)59(44,45)12-10-57-62(51,52)53/h2-9,14-16,40-41H,10-13H2,1H3,(H,32,39)(H,42,43)(H,48,49,50)(H,51,52,53)(H,54,55,56). The minimum absolute atomic E-state index is 0.0842. The molecule has 338 valence electrons. The summed E-state index contributed by atoms with van der Waals surface area (Å²) in [7, 11) is -23.6. The average Bonchev–Trinajstić information content (AvgIpc) is 3.15. The highest BCUT2D eigenvalue weighted by atomic mass is 32.3. The van der Waals surface area contributed by atoms with Crippen LogP contribution in [0.15, 0.2) is 112 Å². The number of phenolic OH excluding ortho intramolecular Hbond substituents is 2. The van der Waals surface area contributed by atoms with E-state index in [-0.39, 0.29) is 27.6 Å². The van der Waals surface area contributed by atoms with Gasteiger partial charge in [0.2, 0.25) is 5.91 Å². The van der Waals surface area contributed by atoms with E-state index in [1.165, 1.54) is 6.07 Å². The SMILES string of the molecule is CC(=O)Nc1cc(N=Nc2c(O)cc(C(=O)O)c(N=Nc3ccc(S(=O)(=O)CCOS(=O)(=O)O)cc3)c2O)ccc1N=Nc1ccc(S(=O)(=O)CCOS(=O)(=O)O)cc1S(=O)(=O)O. The highest BCUT2D eigenvalue weighted by Gasteiger charge is 2.25. The number of carbonyl (C=O) groups is 2. The molecule has 63 heavy (non-hydrogen) atoms. The summed E-state index contributed by atoms with van der Waals surface area (Å²) >= 11 is 0. The van der Waals surface area contributed by atoms with Crippen LogP contribution in [0.1, 0.15) is 17.3 Å². The van der Waals surface area contributed by atoms with E-state index in [1.54, 1.807) is 0 Å². The van der Waals surface area contributed by atoms with Crippen molar-refractivity contribution >= 4 is 102 Å². The van der Waals surface area contributed by atoms with Gasteiger partial charge in [0.25, 0.3) is 10.1 Å². The van der Waals surface area contributed by atoms with Crippen molar-refractivity contribution < 1.29 is 89.0 Å². The van der Waals surface area contributed by atoms with Crippen molar-refractivity contribution in [3.05, 3.63) is 72.3 Å². The third-order valence-corrected chi connectivity index (χ3v) is 12.7. The molecule has 0 heterocycles. The summed E-state index contributed by atoms with van der Waals surface area (Å²) < 4.78 is 152. The second kappa shape index (κ2) is 19.4. The van der Waals surface area contributed by atoms with Crippen LogP contribution in [-0.2, 0) is 63.8 Å². The maximum atomic E-state index is 12.6. The van der Waals surface area contributed by atoms with Crippen molar-refractivity contribution in [2.24, 2.45) is 30.7 Å². The molecule has 0 aromatic heterocycles. The molecule has 7 N–H and O–H groups in total. The van der Waals surface area contributed by atoms with E-state index < -0.39 is 131 Å². The summed E-state index contributed by atoms with van der Waals surface area (Å²) in [6.45, 7) is -0.843. The third-order valence-electron chi connectivity index (χ3n) is 7.48. The van der Waals surface area contributed by atoms with Crippen molar-refractivity contribution in [1.29, 1.82) is 0 Å². The number of nitrogens with zero attached hydrogens (tertiary/aromatic N) is 6. The monoisotopic (exact) mass is 979 g/mol. The smallest absolute Gasteiger partial charge is 0.397 e. The second-order valence-electron chi connectivity index (χ2n) is 12.0. The summed E-state index contributed by atoms with van der Waals surface area (Å²) in [5.74, 6) is -6.20. The van der Waals surface area contributed by atoms with Gasteiger partial charge in [0, 0.05) is 6.92 Å². The number of carboxylic acid groups (broad SMARTS) is 1. The zero-order valence-corrected chi connectivity index (χ0v) is 35.4. The predicted molar refractivity (Wildman–Crippen MR) is 212 cm³/mol. The molecule has 0 bridgehead atoms. The fourth-order valence-corrected chi connectivity index (χ4v) is 8.44. The molecule has 4 aromatic carbocycles. The Labute approximate surface area is 356 Å². The topological polar surface area (TPSA) is 431 Å². The Kier molecular flexibility index (Phi) is 15.3. The van der Waals surface area contributed by atoms with Crippen LogP contribution in [0.25, 0.3) is 0 Å². The van der Waals surface area contributed by atoms with E-state index in [2.05, 4.69) is 44.4 Å². The van der Waals surface area contributed by atoms with Crippen molar-refractivity contribution in [3.63, 3.8) is 0 Å². The Morgan fingerprint density at radius 1 is 0.603 bits per heavy atom. The van der Waals surface area contributed by atoms with Crippen LogP contribution in [0, 0.1) is 0 Å². The molecule has 0 aliphatic heterocycles. The molecule has 4 rings (SSSR count). The van der Waals surface area contributed by atoms with Gasteiger partial charge in [0.15, 0.2) is 31.1 Å². The molecule has 0 unspecified atom stereocenters. The molecule has 27 nitrogen and oxygen atoms in total. The molecule has 0 atom stereocenters. The highest BCUT2D eigenvalue weighted by Crippen LogP contribution is 2.47. The van der Waals surface area contributed by atoms with Gasteiger partial charge < -0.3 is 20.6 Å². The van der Waals surface area contributed by atoms with Gasteiger partial charge in [0.05, 0.1) is 57.1 Å². The summed E-state index contributed by atoms with van der Waals surface area (Å²) in [6, 6.07) is 10.6. The number of carbonyl (C=O) groups excluding carboxylic acids is 1. The van der Waals surface area contributed by atoms with Gasteiger partial charge in [-0.1, -0.05) is 0 Å². The minimum atomic E-state index is -5.19. The van der Waals surface area contributed by atoms with Crippen molar-refractivity contribution in [1.82, 2.24) is 0 Å². The number of rotatable bonds is 19. The lowest BCUT2D eigenvalue weighted by molar-refractivity contribution is -0.114. The van der Waals surface area contributed by atoms with Gasteiger partial charge in [-0.15, -0.1) is 20.5 Å². The van der Waals surface area contributed by atoms with Crippen LogP contribution in [0.4, 0.5) is 39.8 Å². The van der Waals surface area contributed by atoms with Gasteiger partial charge in [-0.25, -0.2) is 30.0 Å². The summed E-state index contributed by atoms with van der Waals surface area (Å²) in [4.78, 5) is 21.9. The molecular formula is C31H29N7O20S5. The predicted octanol–water partition coefficient (Wildman–Crippen LogP) is 4.43. The van der Waals surface area contributed by atoms with Gasteiger partial charge >= 0.3 is 26.8 Å². The van der Waals surface area contributed by atoms with E-state index in [0.29, 0.717) is 12.1 Å². The minimum Gasteiger partial charge on any atom is -0.505 e.